The van der Waals surface area contributed by atoms with Crippen molar-refractivity contribution in [2.75, 3.05) is 19.0 Å². The van der Waals surface area contributed by atoms with E-state index in [0.29, 0.717) is 24.9 Å². The maximum absolute atomic E-state index is 11.4. The van der Waals surface area contributed by atoms with Gasteiger partial charge in [-0.15, -0.1) is 11.6 Å². The summed E-state index contributed by atoms with van der Waals surface area (Å²) in [5.41, 5.74) is 0. The van der Waals surface area contributed by atoms with E-state index in [2.05, 4.69) is 5.32 Å². The van der Waals surface area contributed by atoms with Crippen molar-refractivity contribution in [3.63, 3.8) is 0 Å². The molecule has 0 aromatic rings. The first kappa shape index (κ1) is 12.8. The van der Waals surface area contributed by atoms with Crippen molar-refractivity contribution in [1.29, 1.82) is 0 Å². The highest BCUT2D eigenvalue weighted by molar-refractivity contribution is 6.17. The van der Waals surface area contributed by atoms with Gasteiger partial charge in [-0.05, 0) is 32.1 Å². The highest BCUT2D eigenvalue weighted by Crippen LogP contribution is 2.16. The van der Waals surface area contributed by atoms with Gasteiger partial charge in [-0.1, -0.05) is 0 Å². The van der Waals surface area contributed by atoms with Gasteiger partial charge >= 0.3 is 0 Å². The largest absolute Gasteiger partial charge is 0.378 e. The molecular weight excluding hydrogens is 214 g/mol. The molecule has 1 heterocycles. The number of amides is 1. The zero-order valence-corrected chi connectivity index (χ0v) is 9.89. The second-order valence-corrected chi connectivity index (χ2v) is 4.30. The number of hydrogen-bond donors (Lipinski definition) is 1. The number of rotatable bonds is 6. The summed E-state index contributed by atoms with van der Waals surface area (Å²) in [7, 11) is 0. The quantitative estimate of drug-likeness (QED) is 0.564. The van der Waals surface area contributed by atoms with E-state index < -0.39 is 0 Å². The lowest BCUT2D eigenvalue weighted by molar-refractivity contribution is -0.122. The van der Waals surface area contributed by atoms with Crippen molar-refractivity contribution in [3.8, 4) is 0 Å². The van der Waals surface area contributed by atoms with Crippen LogP contribution in [0.2, 0.25) is 0 Å². The highest BCUT2D eigenvalue weighted by Gasteiger charge is 2.14. The molecule has 0 aliphatic carbocycles. The number of alkyl halides is 1. The Morgan fingerprint density at radius 2 is 2.33 bits per heavy atom. The third-order valence-corrected chi connectivity index (χ3v) is 2.87. The zero-order valence-electron chi connectivity index (χ0n) is 9.14. The third-order valence-electron chi connectivity index (χ3n) is 2.60. The summed E-state index contributed by atoms with van der Waals surface area (Å²) in [4.78, 5) is 11.4. The van der Waals surface area contributed by atoms with Crippen molar-refractivity contribution in [3.05, 3.63) is 0 Å². The topological polar surface area (TPSA) is 38.3 Å². The third kappa shape index (κ3) is 6.00. The highest BCUT2D eigenvalue weighted by atomic mass is 35.5. The molecule has 3 nitrogen and oxygen atoms in total. The van der Waals surface area contributed by atoms with Crippen molar-refractivity contribution in [2.45, 2.75) is 44.6 Å². The molecule has 0 spiro atoms. The minimum Gasteiger partial charge on any atom is -0.378 e. The van der Waals surface area contributed by atoms with E-state index >= 15 is 0 Å². The number of carbonyl (C=O) groups excluding carboxylic acids is 1. The van der Waals surface area contributed by atoms with Crippen molar-refractivity contribution in [2.24, 2.45) is 0 Å². The maximum Gasteiger partial charge on any atom is 0.220 e. The smallest absolute Gasteiger partial charge is 0.220 e. The molecule has 1 fully saturated rings. The Balaban J connectivity index is 2.00. The van der Waals surface area contributed by atoms with Crippen LogP contribution in [0.1, 0.15) is 38.5 Å². The first-order valence-corrected chi connectivity index (χ1v) is 6.30. The number of ether oxygens (including phenoxy) is 1. The summed E-state index contributed by atoms with van der Waals surface area (Å²) in [6, 6.07) is 0. The van der Waals surface area contributed by atoms with Crippen LogP contribution in [-0.2, 0) is 9.53 Å². The van der Waals surface area contributed by atoms with Gasteiger partial charge in [0.05, 0.1) is 6.10 Å². The van der Waals surface area contributed by atoms with Crippen LogP contribution in [0.5, 0.6) is 0 Å². The van der Waals surface area contributed by atoms with Crippen molar-refractivity contribution >= 4 is 17.5 Å². The summed E-state index contributed by atoms with van der Waals surface area (Å²) in [6.07, 6.45) is 6.08. The van der Waals surface area contributed by atoms with Crippen molar-refractivity contribution < 1.29 is 9.53 Å². The Morgan fingerprint density at radius 1 is 1.47 bits per heavy atom. The monoisotopic (exact) mass is 233 g/mol. The fourth-order valence-corrected chi connectivity index (χ4v) is 1.84. The Labute approximate surface area is 96.5 Å². The summed E-state index contributed by atoms with van der Waals surface area (Å²) in [6.45, 7) is 1.55. The first-order chi connectivity index (χ1) is 7.33. The van der Waals surface area contributed by atoms with Crippen molar-refractivity contribution in [1.82, 2.24) is 5.32 Å². The molecule has 4 heteroatoms. The fourth-order valence-electron chi connectivity index (χ4n) is 1.71. The molecular formula is C11H20ClNO2. The van der Waals surface area contributed by atoms with Crippen LogP contribution in [0.3, 0.4) is 0 Å². The van der Waals surface area contributed by atoms with Crippen LogP contribution in [0.25, 0.3) is 0 Å². The molecule has 1 rings (SSSR count). The first-order valence-electron chi connectivity index (χ1n) is 5.77. The minimum absolute atomic E-state index is 0.120. The lowest BCUT2D eigenvalue weighted by atomic mass is 10.0. The Bertz CT molecular complexity index is 181. The van der Waals surface area contributed by atoms with Gasteiger partial charge in [-0.25, -0.2) is 0 Å². The molecule has 1 saturated heterocycles. The van der Waals surface area contributed by atoms with E-state index in [9.17, 15) is 4.79 Å². The van der Waals surface area contributed by atoms with Crippen LogP contribution < -0.4 is 5.32 Å². The summed E-state index contributed by atoms with van der Waals surface area (Å²) in [5.74, 6) is 0.723. The van der Waals surface area contributed by atoms with Gasteiger partial charge in [-0.3, -0.25) is 4.79 Å². The van der Waals surface area contributed by atoms with Crippen LogP contribution >= 0.6 is 11.6 Å². The van der Waals surface area contributed by atoms with E-state index in [0.717, 1.165) is 25.9 Å². The Kier molecular flexibility index (Phi) is 6.77. The van der Waals surface area contributed by atoms with E-state index in [1.54, 1.807) is 0 Å². The normalized spacial score (nSPS) is 21.3. The Morgan fingerprint density at radius 3 is 3.00 bits per heavy atom. The molecule has 1 unspecified atom stereocenters. The van der Waals surface area contributed by atoms with Gasteiger partial charge in [0.15, 0.2) is 0 Å². The summed E-state index contributed by atoms with van der Waals surface area (Å²) < 4.78 is 5.55. The van der Waals surface area contributed by atoms with E-state index in [-0.39, 0.29) is 5.91 Å². The molecule has 88 valence electrons. The van der Waals surface area contributed by atoms with Crippen LogP contribution in [0, 0.1) is 0 Å². The molecule has 0 bridgehead atoms. The second-order valence-electron chi connectivity index (χ2n) is 3.92. The molecule has 1 aliphatic rings. The van der Waals surface area contributed by atoms with Crippen LogP contribution in [0.15, 0.2) is 0 Å². The molecule has 0 radical (unpaired) electrons. The van der Waals surface area contributed by atoms with Crippen LogP contribution in [0.4, 0.5) is 0 Å². The average Bonchev–Trinajstić information content (AvgIpc) is 2.28. The predicted octanol–water partition coefficient (Wildman–Crippen LogP) is 2.08. The maximum atomic E-state index is 11.4. The summed E-state index contributed by atoms with van der Waals surface area (Å²) >= 11 is 5.51. The molecule has 1 amide bonds. The lowest BCUT2D eigenvalue weighted by Crippen LogP contribution is -2.27. The van der Waals surface area contributed by atoms with Gasteiger partial charge in [0, 0.05) is 25.5 Å². The van der Waals surface area contributed by atoms with E-state index in [1.807, 2.05) is 0 Å². The number of hydrogen-bond acceptors (Lipinski definition) is 2. The van der Waals surface area contributed by atoms with Crippen LogP contribution in [-0.4, -0.2) is 31.0 Å². The Hall–Kier alpha value is -0.280. The second kappa shape index (κ2) is 7.94. The molecule has 0 saturated carbocycles. The van der Waals surface area contributed by atoms with E-state index in [4.69, 9.17) is 16.3 Å². The molecule has 0 aromatic heterocycles. The molecule has 1 atom stereocenters. The molecule has 15 heavy (non-hydrogen) atoms. The average molecular weight is 234 g/mol. The SMILES string of the molecule is O=C(CCC1CCCCO1)NCCCCl. The summed E-state index contributed by atoms with van der Waals surface area (Å²) in [5, 5.41) is 2.84. The number of nitrogens with one attached hydrogen (secondary N) is 1. The fraction of sp³-hybridized carbons (Fsp3) is 0.909. The number of halogens is 1. The minimum atomic E-state index is 0.120. The standard InChI is InChI=1S/C11H20ClNO2/c12-7-3-8-13-11(14)6-5-10-4-1-2-9-15-10/h10H,1-9H2,(H,13,14). The molecule has 1 N–H and O–H groups in total. The van der Waals surface area contributed by atoms with Gasteiger partial charge in [0.25, 0.3) is 0 Å². The van der Waals surface area contributed by atoms with E-state index in [1.165, 1.54) is 12.8 Å². The van der Waals surface area contributed by atoms with Gasteiger partial charge in [0.1, 0.15) is 0 Å². The van der Waals surface area contributed by atoms with Gasteiger partial charge < -0.3 is 10.1 Å². The lowest BCUT2D eigenvalue weighted by Gasteiger charge is -2.22. The zero-order chi connectivity index (χ0) is 10.9. The molecule has 1 aliphatic heterocycles. The predicted molar refractivity (Wildman–Crippen MR) is 61.2 cm³/mol. The molecule has 0 aromatic carbocycles. The number of carbonyl (C=O) groups is 1. The van der Waals surface area contributed by atoms with Gasteiger partial charge in [0.2, 0.25) is 5.91 Å². The van der Waals surface area contributed by atoms with Gasteiger partial charge in [-0.2, -0.15) is 0 Å².